The molecule has 7 nitrogen and oxygen atoms in total. The van der Waals surface area contributed by atoms with E-state index in [1.807, 2.05) is 12.1 Å². The van der Waals surface area contributed by atoms with E-state index in [-0.39, 0.29) is 17.7 Å². The Bertz CT molecular complexity index is 961. The van der Waals surface area contributed by atoms with Crippen LogP contribution >= 0.6 is 0 Å². The van der Waals surface area contributed by atoms with E-state index >= 15 is 0 Å². The first-order valence-corrected chi connectivity index (χ1v) is 12.0. The smallest absolute Gasteiger partial charge is 0.234 e. The molecule has 0 saturated carbocycles. The summed E-state index contributed by atoms with van der Waals surface area (Å²) in [6.45, 7) is 3.68. The normalized spacial score (nSPS) is 19.8. The number of benzene rings is 1. The Labute approximate surface area is 188 Å². The van der Waals surface area contributed by atoms with Gasteiger partial charge in [0, 0.05) is 29.5 Å². The second-order valence-corrected chi connectivity index (χ2v) is 9.02. The van der Waals surface area contributed by atoms with Gasteiger partial charge in [0.1, 0.15) is 5.58 Å². The van der Waals surface area contributed by atoms with Crippen LogP contribution in [0.2, 0.25) is 0 Å². The number of rotatable bonds is 9. The van der Waals surface area contributed by atoms with Crippen molar-refractivity contribution in [2.24, 2.45) is 0 Å². The molecule has 2 fully saturated rings. The number of anilines is 1. The summed E-state index contributed by atoms with van der Waals surface area (Å²) >= 11 is 0. The van der Waals surface area contributed by atoms with E-state index in [1.54, 1.807) is 12.3 Å². The number of fused-ring (bicyclic) bond motifs is 1. The van der Waals surface area contributed by atoms with Gasteiger partial charge in [0.25, 0.3) is 0 Å². The number of amides is 3. The molecule has 3 amide bonds. The number of carbonyl (C=O) groups excluding carboxylic acids is 3. The lowest BCUT2D eigenvalue weighted by Crippen LogP contribution is -2.39. The van der Waals surface area contributed by atoms with E-state index in [0.29, 0.717) is 30.5 Å². The predicted molar refractivity (Wildman–Crippen MR) is 123 cm³/mol. The largest absolute Gasteiger partial charge is 0.464 e. The average molecular weight is 440 g/mol. The topological polar surface area (TPSA) is 91.7 Å². The van der Waals surface area contributed by atoms with Crippen molar-refractivity contribution in [1.29, 1.82) is 0 Å². The van der Waals surface area contributed by atoms with Gasteiger partial charge in [0.05, 0.1) is 12.2 Å². The number of carbonyl (C=O) groups is 3. The summed E-state index contributed by atoms with van der Waals surface area (Å²) in [5, 5.41) is 6.17. The number of likely N-dealkylation sites (tertiary alicyclic amines) is 1. The van der Waals surface area contributed by atoms with Crippen LogP contribution in [0.25, 0.3) is 11.0 Å². The van der Waals surface area contributed by atoms with Crippen LogP contribution in [-0.2, 0) is 14.4 Å². The number of hydrogen-bond acceptors (Lipinski definition) is 5. The molecule has 2 N–H and O–H groups in total. The van der Waals surface area contributed by atoms with Crippen LogP contribution in [0.15, 0.2) is 28.9 Å². The van der Waals surface area contributed by atoms with Crippen LogP contribution in [0.3, 0.4) is 0 Å². The third kappa shape index (κ3) is 5.76. The van der Waals surface area contributed by atoms with Crippen molar-refractivity contribution in [3.63, 3.8) is 0 Å². The highest BCUT2D eigenvalue weighted by atomic mass is 16.3. The van der Waals surface area contributed by atoms with Crippen LogP contribution in [0.4, 0.5) is 5.69 Å². The molecule has 0 aliphatic carbocycles. The lowest BCUT2D eigenvalue weighted by molar-refractivity contribution is -0.134. The Morgan fingerprint density at radius 1 is 1.09 bits per heavy atom. The molecular formula is C25H33N3O4. The SMILES string of the molecule is O=C1CCC(c2coc3ccc(NC(=O)CCCCCCN4CCCCC4)cc23)C(=O)N1. The summed E-state index contributed by atoms with van der Waals surface area (Å²) in [4.78, 5) is 38.6. The zero-order valence-corrected chi connectivity index (χ0v) is 18.7. The molecule has 3 heterocycles. The molecule has 4 rings (SSSR count). The van der Waals surface area contributed by atoms with Gasteiger partial charge in [-0.1, -0.05) is 19.3 Å². The fourth-order valence-electron chi connectivity index (χ4n) is 4.77. The average Bonchev–Trinajstić information content (AvgIpc) is 3.20. The maximum atomic E-state index is 12.4. The molecule has 172 valence electrons. The highest BCUT2D eigenvalue weighted by Gasteiger charge is 2.30. The summed E-state index contributed by atoms with van der Waals surface area (Å²) in [7, 11) is 0. The lowest BCUT2D eigenvalue weighted by atomic mass is 9.90. The van der Waals surface area contributed by atoms with Crippen LogP contribution in [-0.4, -0.2) is 42.3 Å². The van der Waals surface area contributed by atoms with Gasteiger partial charge in [-0.05, 0) is 69.9 Å². The van der Waals surface area contributed by atoms with Crippen molar-refractivity contribution in [1.82, 2.24) is 10.2 Å². The third-order valence-electron chi connectivity index (χ3n) is 6.58. The van der Waals surface area contributed by atoms with E-state index in [4.69, 9.17) is 4.42 Å². The molecule has 2 aliphatic heterocycles. The molecule has 0 radical (unpaired) electrons. The lowest BCUT2D eigenvalue weighted by Gasteiger charge is -2.26. The molecule has 2 aromatic rings. The number of piperidine rings is 2. The minimum absolute atomic E-state index is 0.00596. The molecule has 0 spiro atoms. The highest BCUT2D eigenvalue weighted by molar-refractivity contribution is 6.03. The first kappa shape index (κ1) is 22.5. The maximum Gasteiger partial charge on any atom is 0.234 e. The first-order valence-electron chi connectivity index (χ1n) is 12.0. The van der Waals surface area contributed by atoms with Crippen LogP contribution < -0.4 is 10.6 Å². The second kappa shape index (κ2) is 10.8. The Hall–Kier alpha value is -2.67. The number of hydrogen-bond donors (Lipinski definition) is 2. The van der Waals surface area contributed by atoms with Gasteiger partial charge in [-0.2, -0.15) is 0 Å². The molecular weight excluding hydrogens is 406 g/mol. The highest BCUT2D eigenvalue weighted by Crippen LogP contribution is 2.34. The first-order chi connectivity index (χ1) is 15.6. The zero-order chi connectivity index (χ0) is 22.3. The van der Waals surface area contributed by atoms with Gasteiger partial charge >= 0.3 is 0 Å². The standard InChI is InChI=1S/C25H33N3O4/c29-23(8-4-1-2-5-13-28-14-6-3-7-15-28)26-18-9-11-22-20(16-18)21(17-32-22)19-10-12-24(30)27-25(19)31/h9,11,16-17,19H,1-8,10,12-15H2,(H,26,29)(H,27,30,31). The number of nitrogens with zero attached hydrogens (tertiary/aromatic N) is 1. The quantitative estimate of drug-likeness (QED) is 0.448. The Morgan fingerprint density at radius 3 is 2.72 bits per heavy atom. The monoisotopic (exact) mass is 439 g/mol. The molecule has 0 bridgehead atoms. The van der Waals surface area contributed by atoms with E-state index < -0.39 is 5.92 Å². The van der Waals surface area contributed by atoms with Gasteiger partial charge in [-0.3, -0.25) is 19.7 Å². The molecule has 1 unspecified atom stereocenters. The summed E-state index contributed by atoms with van der Waals surface area (Å²) in [5.74, 6) is -0.937. The van der Waals surface area contributed by atoms with Crippen molar-refractivity contribution >= 4 is 34.4 Å². The molecule has 2 aliphatic rings. The fourth-order valence-corrected chi connectivity index (χ4v) is 4.77. The number of furan rings is 1. The summed E-state index contributed by atoms with van der Waals surface area (Å²) in [6.07, 6.45) is 11.3. The van der Waals surface area contributed by atoms with Gasteiger partial charge < -0.3 is 14.6 Å². The zero-order valence-electron chi connectivity index (χ0n) is 18.7. The number of nitrogens with one attached hydrogen (secondary N) is 2. The van der Waals surface area contributed by atoms with Gasteiger partial charge in [-0.25, -0.2) is 0 Å². The van der Waals surface area contributed by atoms with Crippen molar-refractivity contribution in [2.75, 3.05) is 25.0 Å². The van der Waals surface area contributed by atoms with Gasteiger partial charge in [0.15, 0.2) is 0 Å². The molecule has 1 atom stereocenters. The minimum Gasteiger partial charge on any atom is -0.464 e. The van der Waals surface area contributed by atoms with Crippen molar-refractivity contribution in [3.8, 4) is 0 Å². The van der Waals surface area contributed by atoms with Crippen LogP contribution in [0.1, 0.15) is 75.7 Å². The van der Waals surface area contributed by atoms with Gasteiger partial charge in [-0.15, -0.1) is 0 Å². The summed E-state index contributed by atoms with van der Waals surface area (Å²) in [6, 6.07) is 5.48. The van der Waals surface area contributed by atoms with E-state index in [2.05, 4.69) is 15.5 Å². The van der Waals surface area contributed by atoms with Crippen LogP contribution in [0.5, 0.6) is 0 Å². The van der Waals surface area contributed by atoms with Crippen molar-refractivity contribution in [2.45, 2.75) is 70.1 Å². The maximum absolute atomic E-state index is 12.4. The van der Waals surface area contributed by atoms with Gasteiger partial charge in [0.2, 0.25) is 17.7 Å². The van der Waals surface area contributed by atoms with E-state index in [0.717, 1.165) is 23.8 Å². The number of imide groups is 1. The van der Waals surface area contributed by atoms with Crippen molar-refractivity contribution in [3.05, 3.63) is 30.0 Å². The van der Waals surface area contributed by atoms with E-state index in [1.165, 1.54) is 51.7 Å². The van der Waals surface area contributed by atoms with Crippen LogP contribution in [0, 0.1) is 0 Å². The molecule has 32 heavy (non-hydrogen) atoms. The van der Waals surface area contributed by atoms with Crippen molar-refractivity contribution < 1.29 is 18.8 Å². The number of unbranched alkanes of at least 4 members (excludes halogenated alkanes) is 3. The fraction of sp³-hybridized carbons (Fsp3) is 0.560. The molecule has 1 aromatic heterocycles. The summed E-state index contributed by atoms with van der Waals surface area (Å²) < 4.78 is 5.60. The Morgan fingerprint density at radius 2 is 1.91 bits per heavy atom. The molecule has 2 saturated heterocycles. The predicted octanol–water partition coefficient (Wildman–Crippen LogP) is 4.33. The van der Waals surface area contributed by atoms with E-state index in [9.17, 15) is 14.4 Å². The summed E-state index contributed by atoms with van der Waals surface area (Å²) in [5.41, 5.74) is 2.12. The minimum atomic E-state index is -0.412. The molecule has 7 heteroatoms. The second-order valence-electron chi connectivity index (χ2n) is 9.02. The third-order valence-corrected chi connectivity index (χ3v) is 6.58. The molecule has 1 aromatic carbocycles. The Balaban J connectivity index is 1.24. The Kier molecular flexibility index (Phi) is 7.58.